The van der Waals surface area contributed by atoms with Crippen molar-refractivity contribution in [3.63, 3.8) is 0 Å². The maximum absolute atomic E-state index is 11.8. The molecule has 1 aromatic rings. The molecule has 0 spiro atoms. The van der Waals surface area contributed by atoms with Gasteiger partial charge in [0.15, 0.2) is 11.5 Å². The summed E-state index contributed by atoms with van der Waals surface area (Å²) in [6.07, 6.45) is 1.24. The van der Waals surface area contributed by atoms with Crippen LogP contribution in [0, 0.1) is 5.92 Å². The van der Waals surface area contributed by atoms with Crippen molar-refractivity contribution < 1.29 is 14.3 Å². The van der Waals surface area contributed by atoms with Gasteiger partial charge < -0.3 is 20.1 Å². The molecule has 2 N–H and O–H groups in total. The van der Waals surface area contributed by atoms with E-state index in [4.69, 9.17) is 9.47 Å². The molecule has 21 heavy (non-hydrogen) atoms. The average Bonchev–Trinajstić information content (AvgIpc) is 2.43. The van der Waals surface area contributed by atoms with E-state index >= 15 is 0 Å². The molecule has 5 nitrogen and oxygen atoms in total. The van der Waals surface area contributed by atoms with Crippen LogP contribution in [0.25, 0.3) is 0 Å². The summed E-state index contributed by atoms with van der Waals surface area (Å²) in [6, 6.07) is 5.88. The molecule has 6 heteroatoms. The van der Waals surface area contributed by atoms with Gasteiger partial charge in [0.05, 0.1) is 0 Å². The number of aryl methyl sites for hydroxylation is 1. The molecule has 0 unspecified atom stereocenters. The summed E-state index contributed by atoms with van der Waals surface area (Å²) in [6.45, 7) is 4.01. The van der Waals surface area contributed by atoms with Crippen LogP contribution in [0.4, 0.5) is 0 Å². The van der Waals surface area contributed by atoms with Crippen LogP contribution in [0.2, 0.25) is 0 Å². The second-order valence-electron chi connectivity index (χ2n) is 5.31. The Morgan fingerprint density at radius 3 is 2.71 bits per heavy atom. The zero-order chi connectivity index (χ0) is 13.8. The quantitative estimate of drug-likeness (QED) is 0.856. The van der Waals surface area contributed by atoms with Gasteiger partial charge in [0.2, 0.25) is 5.91 Å². The van der Waals surface area contributed by atoms with Crippen LogP contribution < -0.4 is 20.1 Å². The molecule has 0 atom stereocenters. The van der Waals surface area contributed by atoms with Crippen LogP contribution in [0.5, 0.6) is 11.5 Å². The van der Waals surface area contributed by atoms with E-state index < -0.39 is 0 Å². The highest BCUT2D eigenvalue weighted by Crippen LogP contribution is 2.30. The molecule has 2 aliphatic heterocycles. The lowest BCUT2D eigenvalue weighted by molar-refractivity contribution is -0.121. The summed E-state index contributed by atoms with van der Waals surface area (Å²) < 4.78 is 11.0. The number of nitrogens with one attached hydrogen (secondary N) is 2. The molecule has 3 rings (SSSR count). The van der Waals surface area contributed by atoms with Crippen molar-refractivity contribution in [3.8, 4) is 11.5 Å². The van der Waals surface area contributed by atoms with E-state index in [1.165, 1.54) is 0 Å². The fourth-order valence-corrected chi connectivity index (χ4v) is 2.34. The van der Waals surface area contributed by atoms with E-state index in [9.17, 15) is 4.79 Å². The number of halogens is 1. The van der Waals surface area contributed by atoms with Gasteiger partial charge in [-0.15, -0.1) is 12.4 Å². The molecule has 1 amide bonds. The second-order valence-corrected chi connectivity index (χ2v) is 5.31. The number of rotatable bonds is 5. The highest BCUT2D eigenvalue weighted by Gasteiger charge is 2.17. The number of carbonyl (C=O) groups excluding carboxylic acids is 1. The predicted octanol–water partition coefficient (Wildman–Crippen LogP) is 1.15. The summed E-state index contributed by atoms with van der Waals surface area (Å²) in [5.74, 6) is 2.30. The minimum atomic E-state index is 0. The van der Waals surface area contributed by atoms with Crippen molar-refractivity contribution in [1.82, 2.24) is 10.6 Å². The Kier molecular flexibility index (Phi) is 5.70. The first-order valence-corrected chi connectivity index (χ1v) is 7.17. The number of fused-ring (bicyclic) bond motifs is 1. The lowest BCUT2D eigenvalue weighted by Crippen LogP contribution is -2.48. The summed E-state index contributed by atoms with van der Waals surface area (Å²) >= 11 is 0. The molecule has 0 radical (unpaired) electrons. The maximum atomic E-state index is 11.8. The van der Waals surface area contributed by atoms with Crippen molar-refractivity contribution in [2.45, 2.75) is 12.8 Å². The maximum Gasteiger partial charge on any atom is 0.220 e. The molecule has 0 saturated carbocycles. The van der Waals surface area contributed by atoms with E-state index in [0.29, 0.717) is 25.6 Å². The van der Waals surface area contributed by atoms with Gasteiger partial charge in [-0.25, -0.2) is 0 Å². The van der Waals surface area contributed by atoms with E-state index in [-0.39, 0.29) is 18.3 Å². The van der Waals surface area contributed by atoms with Crippen molar-refractivity contribution >= 4 is 18.3 Å². The van der Waals surface area contributed by atoms with Crippen molar-refractivity contribution in [2.24, 2.45) is 5.92 Å². The molecular formula is C15H21ClN2O3. The standard InChI is InChI=1S/C15H20N2O3.ClH/c18-15(17-10-12-8-16-9-12)4-2-11-1-3-13-14(7-11)20-6-5-19-13;/h1,3,7,12,16H,2,4-6,8-10H2,(H,17,18);1H. The molecule has 0 aliphatic carbocycles. The Morgan fingerprint density at radius 1 is 1.24 bits per heavy atom. The third-order valence-corrected chi connectivity index (χ3v) is 3.70. The van der Waals surface area contributed by atoms with Crippen LogP contribution in [-0.4, -0.2) is 38.8 Å². The number of benzene rings is 1. The summed E-state index contributed by atoms with van der Waals surface area (Å²) in [5.41, 5.74) is 1.11. The predicted molar refractivity (Wildman–Crippen MR) is 82.4 cm³/mol. The van der Waals surface area contributed by atoms with E-state index in [0.717, 1.165) is 43.1 Å². The lowest BCUT2D eigenvalue weighted by atomic mass is 10.0. The minimum Gasteiger partial charge on any atom is -0.486 e. The number of carbonyl (C=O) groups is 1. The molecule has 0 aromatic heterocycles. The van der Waals surface area contributed by atoms with Gasteiger partial charge in [0, 0.05) is 32.0 Å². The zero-order valence-electron chi connectivity index (χ0n) is 11.9. The fourth-order valence-electron chi connectivity index (χ4n) is 2.34. The Morgan fingerprint density at radius 2 is 2.00 bits per heavy atom. The van der Waals surface area contributed by atoms with Crippen LogP contribution in [0.15, 0.2) is 18.2 Å². The summed E-state index contributed by atoms with van der Waals surface area (Å²) in [5, 5.41) is 6.18. The minimum absolute atomic E-state index is 0. The SMILES string of the molecule is Cl.O=C(CCc1ccc2c(c1)OCCO2)NCC1CNC1. The fraction of sp³-hybridized carbons (Fsp3) is 0.533. The van der Waals surface area contributed by atoms with Gasteiger partial charge in [0.1, 0.15) is 13.2 Å². The largest absolute Gasteiger partial charge is 0.486 e. The molecular weight excluding hydrogens is 292 g/mol. The normalized spacial score (nSPS) is 16.6. The zero-order valence-corrected chi connectivity index (χ0v) is 12.7. The molecule has 1 fully saturated rings. The van der Waals surface area contributed by atoms with Gasteiger partial charge in [-0.1, -0.05) is 6.07 Å². The Labute approximate surface area is 130 Å². The van der Waals surface area contributed by atoms with E-state index in [1.807, 2.05) is 18.2 Å². The summed E-state index contributed by atoms with van der Waals surface area (Å²) in [7, 11) is 0. The summed E-state index contributed by atoms with van der Waals surface area (Å²) in [4.78, 5) is 11.8. The van der Waals surface area contributed by atoms with Crippen molar-refractivity contribution in [1.29, 1.82) is 0 Å². The van der Waals surface area contributed by atoms with Crippen LogP contribution in [0.3, 0.4) is 0 Å². The first kappa shape index (κ1) is 15.9. The molecule has 2 aliphatic rings. The van der Waals surface area contributed by atoms with Gasteiger partial charge in [-0.3, -0.25) is 4.79 Å². The number of hydrogen-bond donors (Lipinski definition) is 2. The topological polar surface area (TPSA) is 59.6 Å². The van der Waals surface area contributed by atoms with Crippen LogP contribution in [0.1, 0.15) is 12.0 Å². The lowest BCUT2D eigenvalue weighted by Gasteiger charge is -2.27. The van der Waals surface area contributed by atoms with Crippen LogP contribution in [-0.2, 0) is 11.2 Å². The average molecular weight is 313 g/mol. The third kappa shape index (κ3) is 4.25. The van der Waals surface area contributed by atoms with Crippen molar-refractivity contribution in [3.05, 3.63) is 23.8 Å². The van der Waals surface area contributed by atoms with Gasteiger partial charge >= 0.3 is 0 Å². The molecule has 1 aromatic carbocycles. The molecule has 116 valence electrons. The molecule has 0 bridgehead atoms. The van der Waals surface area contributed by atoms with Crippen molar-refractivity contribution in [2.75, 3.05) is 32.8 Å². The number of amides is 1. The van der Waals surface area contributed by atoms with Gasteiger partial charge in [0.25, 0.3) is 0 Å². The smallest absolute Gasteiger partial charge is 0.220 e. The second kappa shape index (κ2) is 7.52. The molecule has 2 heterocycles. The Bertz CT molecular complexity index is 492. The number of ether oxygens (including phenoxy) is 2. The van der Waals surface area contributed by atoms with E-state index in [1.54, 1.807) is 0 Å². The first-order valence-electron chi connectivity index (χ1n) is 7.17. The first-order chi connectivity index (χ1) is 9.81. The van der Waals surface area contributed by atoms with Gasteiger partial charge in [-0.05, 0) is 24.1 Å². The van der Waals surface area contributed by atoms with E-state index in [2.05, 4.69) is 10.6 Å². The Balaban J connectivity index is 0.00000161. The van der Waals surface area contributed by atoms with Gasteiger partial charge in [-0.2, -0.15) is 0 Å². The highest BCUT2D eigenvalue weighted by atomic mass is 35.5. The number of hydrogen-bond acceptors (Lipinski definition) is 4. The Hall–Kier alpha value is -1.46. The highest BCUT2D eigenvalue weighted by molar-refractivity contribution is 5.85. The monoisotopic (exact) mass is 312 g/mol. The third-order valence-electron chi connectivity index (χ3n) is 3.70. The molecule has 1 saturated heterocycles. The van der Waals surface area contributed by atoms with Crippen LogP contribution >= 0.6 is 12.4 Å².